The Morgan fingerprint density at radius 2 is 1.06 bits per heavy atom. The molecule has 0 unspecified atom stereocenters. The van der Waals surface area contributed by atoms with E-state index in [9.17, 15) is 8.78 Å². The maximum absolute atomic E-state index is 12.3. The van der Waals surface area contributed by atoms with Gasteiger partial charge in [-0.2, -0.15) is 8.78 Å². The molecule has 1 aromatic carbocycles. The van der Waals surface area contributed by atoms with Crippen molar-refractivity contribution in [2.24, 2.45) is 35.5 Å². The summed E-state index contributed by atoms with van der Waals surface area (Å²) in [6, 6.07) is 4.85. The third-order valence-corrected chi connectivity index (χ3v) is 11.6. The molecule has 196 valence electrons. The minimum Gasteiger partial charge on any atom is -0.174 e. The van der Waals surface area contributed by atoms with Gasteiger partial charge in [0.25, 0.3) is 6.08 Å². The van der Waals surface area contributed by atoms with Gasteiger partial charge >= 0.3 is 0 Å². The zero-order valence-corrected chi connectivity index (χ0v) is 24.3. The molecule has 0 saturated heterocycles. The minimum absolute atomic E-state index is 0.503. The second kappa shape index (κ2) is 13.4. The number of halogens is 3. The Hall–Kier alpha value is -0.450. The highest BCUT2D eigenvalue weighted by atomic mass is 127. The molecular weight excluding hydrogens is 549 g/mol. The Labute approximate surface area is 227 Å². The molecule has 0 spiro atoms. The molecule has 1 aromatic rings. The van der Waals surface area contributed by atoms with Crippen molar-refractivity contribution in [3.8, 4) is 0 Å². The van der Waals surface area contributed by atoms with E-state index in [-0.39, 0.29) is 0 Å². The van der Waals surface area contributed by atoms with Crippen LogP contribution in [0.25, 0.3) is 0 Å². The molecule has 0 N–H and O–H groups in total. The Morgan fingerprint density at radius 1 is 0.686 bits per heavy atom. The molecule has 3 heteroatoms. The Bertz CT molecular complexity index is 795. The summed E-state index contributed by atoms with van der Waals surface area (Å²) in [4.78, 5) is 0. The van der Waals surface area contributed by atoms with Gasteiger partial charge in [0.1, 0.15) is 0 Å². The number of hydrogen-bond acceptors (Lipinski definition) is 0. The quantitative estimate of drug-likeness (QED) is 0.262. The predicted molar refractivity (Wildman–Crippen MR) is 153 cm³/mol. The maximum atomic E-state index is 12.3. The number of allylic oxidation sites excluding steroid dienone is 1. The van der Waals surface area contributed by atoms with Crippen molar-refractivity contribution in [2.45, 2.75) is 117 Å². The van der Waals surface area contributed by atoms with E-state index < -0.39 is 6.08 Å². The highest BCUT2D eigenvalue weighted by Gasteiger charge is 2.29. The van der Waals surface area contributed by atoms with Crippen molar-refractivity contribution in [3.05, 3.63) is 44.5 Å². The van der Waals surface area contributed by atoms with E-state index in [0.29, 0.717) is 12.3 Å². The third-order valence-electron chi connectivity index (χ3n) is 9.86. The standard InChI is InChI=1S/C32H47F2I/c1-22-17-30(18-23(2)32(22)35)21-29-13-11-28(12-14-29)20-27-9-7-26(8-10-27)19-25-5-3-24(4-6-25)15-16-31(33)34/h16-18,24-29H,3-15,19-21H2,1-2H3. The van der Waals surface area contributed by atoms with Gasteiger partial charge < -0.3 is 0 Å². The van der Waals surface area contributed by atoms with Gasteiger partial charge in [-0.15, -0.1) is 0 Å². The predicted octanol–water partition coefficient (Wildman–Crippen LogP) is 10.8. The first-order valence-electron chi connectivity index (χ1n) is 14.6. The molecule has 3 saturated carbocycles. The molecule has 3 aliphatic rings. The summed E-state index contributed by atoms with van der Waals surface area (Å²) in [5.41, 5.74) is 4.45. The first-order valence-corrected chi connectivity index (χ1v) is 15.7. The fraction of sp³-hybridized carbons (Fsp3) is 0.750. The van der Waals surface area contributed by atoms with Crippen molar-refractivity contribution in [3.63, 3.8) is 0 Å². The van der Waals surface area contributed by atoms with Crippen LogP contribution in [0.5, 0.6) is 0 Å². The fourth-order valence-corrected chi connectivity index (χ4v) is 8.07. The van der Waals surface area contributed by atoms with Crippen molar-refractivity contribution < 1.29 is 8.78 Å². The van der Waals surface area contributed by atoms with E-state index in [2.05, 4.69) is 48.6 Å². The van der Waals surface area contributed by atoms with Gasteiger partial charge in [0.05, 0.1) is 0 Å². The summed E-state index contributed by atoms with van der Waals surface area (Å²) in [7, 11) is 0. The van der Waals surface area contributed by atoms with Gasteiger partial charge in [-0.1, -0.05) is 63.5 Å². The van der Waals surface area contributed by atoms with E-state index in [4.69, 9.17) is 0 Å². The summed E-state index contributed by atoms with van der Waals surface area (Å²) in [5.74, 6) is 5.15. The fourth-order valence-electron chi connectivity index (χ4n) is 7.76. The lowest BCUT2D eigenvalue weighted by atomic mass is 9.70. The SMILES string of the molecule is Cc1cc(CC2CCC(CC3CCC(CC4CCC(CC=C(F)F)CC4)CC3)CC2)cc(C)c1I. The topological polar surface area (TPSA) is 0 Å². The van der Waals surface area contributed by atoms with Gasteiger partial charge in [0.15, 0.2) is 0 Å². The minimum atomic E-state index is -1.50. The van der Waals surface area contributed by atoms with Crippen LogP contribution in [-0.4, -0.2) is 0 Å². The average molecular weight is 597 g/mol. The molecule has 3 aliphatic carbocycles. The van der Waals surface area contributed by atoms with Gasteiger partial charge in [-0.3, -0.25) is 0 Å². The molecule has 0 aliphatic heterocycles. The summed E-state index contributed by atoms with van der Waals surface area (Å²) >= 11 is 2.48. The van der Waals surface area contributed by atoms with Crippen molar-refractivity contribution in [1.82, 2.24) is 0 Å². The Morgan fingerprint density at radius 3 is 1.46 bits per heavy atom. The number of rotatable bonds is 8. The van der Waals surface area contributed by atoms with Crippen molar-refractivity contribution >= 4 is 22.6 Å². The first kappa shape index (κ1) is 27.6. The lowest BCUT2D eigenvalue weighted by molar-refractivity contribution is 0.164. The van der Waals surface area contributed by atoms with Gasteiger partial charge in [-0.25, -0.2) is 0 Å². The molecule has 0 nitrogen and oxygen atoms in total. The molecule has 0 heterocycles. The summed E-state index contributed by atoms with van der Waals surface area (Å²) in [6.07, 6.45) is 20.9. The van der Waals surface area contributed by atoms with Crippen LogP contribution in [0.3, 0.4) is 0 Å². The molecule has 0 atom stereocenters. The monoisotopic (exact) mass is 596 g/mol. The second-order valence-electron chi connectivity index (χ2n) is 12.6. The molecule has 4 rings (SSSR count). The summed E-state index contributed by atoms with van der Waals surface area (Å²) in [6.45, 7) is 4.51. The zero-order chi connectivity index (χ0) is 24.8. The van der Waals surface area contributed by atoms with Crippen LogP contribution < -0.4 is 0 Å². The van der Waals surface area contributed by atoms with Crippen LogP contribution >= 0.6 is 22.6 Å². The van der Waals surface area contributed by atoms with Crippen molar-refractivity contribution in [1.29, 1.82) is 0 Å². The summed E-state index contributed by atoms with van der Waals surface area (Å²) < 4.78 is 26.1. The molecule has 3 fully saturated rings. The molecule has 0 bridgehead atoms. The number of benzene rings is 1. The van der Waals surface area contributed by atoms with Crippen LogP contribution in [0, 0.1) is 52.9 Å². The van der Waals surface area contributed by atoms with Crippen LogP contribution in [0.2, 0.25) is 0 Å². The molecule has 0 amide bonds. The van der Waals surface area contributed by atoms with E-state index >= 15 is 0 Å². The van der Waals surface area contributed by atoms with Gasteiger partial charge in [0, 0.05) is 3.57 Å². The van der Waals surface area contributed by atoms with E-state index in [1.165, 1.54) is 98.2 Å². The van der Waals surface area contributed by atoms with E-state index in [0.717, 1.165) is 48.5 Å². The Balaban J connectivity index is 1.10. The van der Waals surface area contributed by atoms with Gasteiger partial charge in [0.2, 0.25) is 0 Å². The molecule has 0 radical (unpaired) electrons. The lowest BCUT2D eigenvalue weighted by Gasteiger charge is -2.36. The highest BCUT2D eigenvalue weighted by molar-refractivity contribution is 14.1. The van der Waals surface area contributed by atoms with Gasteiger partial charge in [-0.05, 0) is 146 Å². The number of aryl methyl sites for hydroxylation is 2. The zero-order valence-electron chi connectivity index (χ0n) is 22.1. The molecule has 0 aromatic heterocycles. The second-order valence-corrected chi connectivity index (χ2v) is 13.7. The lowest BCUT2D eigenvalue weighted by Crippen LogP contribution is -2.23. The van der Waals surface area contributed by atoms with Crippen molar-refractivity contribution in [2.75, 3.05) is 0 Å². The third kappa shape index (κ3) is 8.54. The summed E-state index contributed by atoms with van der Waals surface area (Å²) in [5, 5.41) is 0. The first-order chi connectivity index (χ1) is 16.9. The largest absolute Gasteiger partial charge is 0.266 e. The maximum Gasteiger partial charge on any atom is 0.266 e. The Kier molecular flexibility index (Phi) is 10.5. The van der Waals surface area contributed by atoms with Crippen LogP contribution in [0.4, 0.5) is 8.78 Å². The van der Waals surface area contributed by atoms with Crippen LogP contribution in [0.15, 0.2) is 24.3 Å². The average Bonchev–Trinajstić information content (AvgIpc) is 2.84. The number of hydrogen-bond donors (Lipinski definition) is 0. The van der Waals surface area contributed by atoms with Crippen LogP contribution in [0.1, 0.15) is 113 Å². The molecular formula is C32H47F2I. The van der Waals surface area contributed by atoms with E-state index in [1.54, 1.807) is 5.56 Å². The van der Waals surface area contributed by atoms with Crippen LogP contribution in [-0.2, 0) is 6.42 Å². The normalized spacial score (nSPS) is 31.8. The smallest absolute Gasteiger partial charge is 0.174 e. The highest BCUT2D eigenvalue weighted by Crippen LogP contribution is 2.42. The van der Waals surface area contributed by atoms with E-state index in [1.807, 2.05) is 0 Å². The molecule has 35 heavy (non-hydrogen) atoms.